The lowest BCUT2D eigenvalue weighted by Crippen LogP contribution is -1.99. The second-order valence-corrected chi connectivity index (χ2v) is 5.98. The van der Waals surface area contributed by atoms with E-state index in [1.165, 1.54) is 0 Å². The highest BCUT2D eigenvalue weighted by Crippen LogP contribution is 2.31. The Kier molecular flexibility index (Phi) is 3.99. The summed E-state index contributed by atoms with van der Waals surface area (Å²) < 4.78 is 7.99. The number of aromatic nitrogens is 1. The molecule has 1 heterocycles. The van der Waals surface area contributed by atoms with E-state index in [0.717, 1.165) is 27.2 Å². The van der Waals surface area contributed by atoms with Gasteiger partial charge in [0.05, 0.1) is 10.5 Å². The molecule has 3 rings (SSSR count). The molecule has 1 N–H and O–H groups in total. The second kappa shape index (κ2) is 5.93. The zero-order chi connectivity index (χ0) is 15.7. The van der Waals surface area contributed by atoms with Gasteiger partial charge in [-0.25, -0.2) is 0 Å². The Labute approximate surface area is 134 Å². The molecule has 4 heteroatoms. The number of aromatic hydroxyl groups is 1. The Morgan fingerprint density at radius 2 is 1.86 bits per heavy atom. The van der Waals surface area contributed by atoms with Crippen LogP contribution in [0.2, 0.25) is 5.02 Å². The SMILES string of the molecule is CC(C)n1cc(COc2ccc(O)cc2)c2cccc(Cl)c21. The van der Waals surface area contributed by atoms with Gasteiger partial charge in [0, 0.05) is 23.2 Å². The molecule has 0 aliphatic rings. The molecule has 114 valence electrons. The van der Waals surface area contributed by atoms with E-state index in [0.29, 0.717) is 12.6 Å². The smallest absolute Gasteiger partial charge is 0.120 e. The largest absolute Gasteiger partial charge is 0.508 e. The van der Waals surface area contributed by atoms with Gasteiger partial charge in [0.25, 0.3) is 0 Å². The van der Waals surface area contributed by atoms with Crippen molar-refractivity contribution in [1.82, 2.24) is 4.57 Å². The molecule has 2 aromatic carbocycles. The first-order valence-electron chi connectivity index (χ1n) is 7.26. The maximum Gasteiger partial charge on any atom is 0.120 e. The van der Waals surface area contributed by atoms with E-state index in [4.69, 9.17) is 16.3 Å². The molecule has 0 radical (unpaired) electrons. The number of halogens is 1. The van der Waals surface area contributed by atoms with Crippen LogP contribution in [-0.4, -0.2) is 9.67 Å². The molecule has 0 aliphatic heterocycles. The number of para-hydroxylation sites is 1. The summed E-state index contributed by atoms with van der Waals surface area (Å²) in [6.45, 7) is 4.72. The number of rotatable bonds is 4. The van der Waals surface area contributed by atoms with Crippen molar-refractivity contribution in [1.29, 1.82) is 0 Å². The monoisotopic (exact) mass is 315 g/mol. The van der Waals surface area contributed by atoms with Gasteiger partial charge < -0.3 is 14.4 Å². The quantitative estimate of drug-likeness (QED) is 0.721. The average molecular weight is 316 g/mol. The predicted molar refractivity (Wildman–Crippen MR) is 89.8 cm³/mol. The highest BCUT2D eigenvalue weighted by Gasteiger charge is 2.13. The number of benzene rings is 2. The van der Waals surface area contributed by atoms with Gasteiger partial charge in [-0.1, -0.05) is 23.7 Å². The minimum absolute atomic E-state index is 0.232. The minimum atomic E-state index is 0.232. The first kappa shape index (κ1) is 14.8. The van der Waals surface area contributed by atoms with Crippen LogP contribution in [0.15, 0.2) is 48.7 Å². The third kappa shape index (κ3) is 2.77. The standard InChI is InChI=1S/C18H18ClNO2/c1-12(2)20-10-13(16-4-3-5-17(19)18(16)20)11-22-15-8-6-14(21)7-9-15/h3-10,12,21H,11H2,1-2H3. The van der Waals surface area contributed by atoms with Gasteiger partial charge in [-0.3, -0.25) is 0 Å². The molecule has 22 heavy (non-hydrogen) atoms. The number of phenols is 1. The van der Waals surface area contributed by atoms with Crippen molar-refractivity contribution >= 4 is 22.5 Å². The lowest BCUT2D eigenvalue weighted by Gasteiger charge is -2.09. The molecule has 0 amide bonds. The Morgan fingerprint density at radius 3 is 2.55 bits per heavy atom. The van der Waals surface area contributed by atoms with Crippen LogP contribution in [0, 0.1) is 0 Å². The molecule has 0 spiro atoms. The Bertz CT molecular complexity index is 791. The van der Waals surface area contributed by atoms with Crippen molar-refractivity contribution in [2.24, 2.45) is 0 Å². The molecule has 0 unspecified atom stereocenters. The van der Waals surface area contributed by atoms with Crippen molar-refractivity contribution < 1.29 is 9.84 Å². The summed E-state index contributed by atoms with van der Waals surface area (Å²) in [7, 11) is 0. The number of ether oxygens (including phenoxy) is 1. The van der Waals surface area contributed by atoms with E-state index in [1.807, 2.05) is 12.1 Å². The van der Waals surface area contributed by atoms with Crippen LogP contribution in [0.25, 0.3) is 10.9 Å². The van der Waals surface area contributed by atoms with Gasteiger partial charge in [-0.05, 0) is 44.2 Å². The third-order valence-corrected chi connectivity index (χ3v) is 3.98. The van der Waals surface area contributed by atoms with Gasteiger partial charge in [0.15, 0.2) is 0 Å². The number of phenolic OH excluding ortho intramolecular Hbond substituents is 1. The Hall–Kier alpha value is -2.13. The summed E-state index contributed by atoms with van der Waals surface area (Å²) in [6, 6.07) is 13.0. The maximum atomic E-state index is 9.30. The molecular weight excluding hydrogens is 298 g/mol. The fraction of sp³-hybridized carbons (Fsp3) is 0.222. The first-order valence-corrected chi connectivity index (χ1v) is 7.64. The van der Waals surface area contributed by atoms with E-state index >= 15 is 0 Å². The van der Waals surface area contributed by atoms with Crippen LogP contribution in [0.4, 0.5) is 0 Å². The zero-order valence-corrected chi connectivity index (χ0v) is 13.3. The Balaban J connectivity index is 1.94. The van der Waals surface area contributed by atoms with Crippen LogP contribution >= 0.6 is 11.6 Å². The average Bonchev–Trinajstić information content (AvgIpc) is 2.87. The van der Waals surface area contributed by atoms with Crippen molar-refractivity contribution in [3.05, 3.63) is 59.2 Å². The highest BCUT2D eigenvalue weighted by atomic mass is 35.5. The summed E-state index contributed by atoms with van der Waals surface area (Å²) in [5.41, 5.74) is 2.14. The third-order valence-electron chi connectivity index (χ3n) is 3.67. The summed E-state index contributed by atoms with van der Waals surface area (Å²) in [6.07, 6.45) is 2.10. The van der Waals surface area contributed by atoms with Gasteiger partial charge >= 0.3 is 0 Å². The number of fused-ring (bicyclic) bond motifs is 1. The van der Waals surface area contributed by atoms with Crippen LogP contribution in [-0.2, 0) is 6.61 Å². The fourth-order valence-corrected chi connectivity index (χ4v) is 2.84. The molecule has 0 saturated heterocycles. The van der Waals surface area contributed by atoms with Crippen molar-refractivity contribution in [2.45, 2.75) is 26.5 Å². The Morgan fingerprint density at radius 1 is 1.14 bits per heavy atom. The van der Waals surface area contributed by atoms with Crippen molar-refractivity contribution in [2.75, 3.05) is 0 Å². The van der Waals surface area contributed by atoms with Crippen LogP contribution in [0.1, 0.15) is 25.5 Å². The molecule has 0 aliphatic carbocycles. The zero-order valence-electron chi connectivity index (χ0n) is 12.6. The molecular formula is C18H18ClNO2. The summed E-state index contributed by atoms with van der Waals surface area (Å²) in [5.74, 6) is 0.959. The molecule has 0 saturated carbocycles. The van der Waals surface area contributed by atoms with E-state index in [9.17, 15) is 5.11 Å². The number of nitrogens with zero attached hydrogens (tertiary/aromatic N) is 1. The van der Waals surface area contributed by atoms with Crippen molar-refractivity contribution in [3.8, 4) is 11.5 Å². The van der Waals surface area contributed by atoms with Gasteiger partial charge in [-0.15, -0.1) is 0 Å². The molecule has 1 aromatic heterocycles. The van der Waals surface area contributed by atoms with Crippen LogP contribution in [0.5, 0.6) is 11.5 Å². The van der Waals surface area contributed by atoms with E-state index in [1.54, 1.807) is 24.3 Å². The topological polar surface area (TPSA) is 34.4 Å². The fourth-order valence-electron chi connectivity index (χ4n) is 2.56. The summed E-state index contributed by atoms with van der Waals surface area (Å²) in [5, 5.41) is 11.2. The molecule has 0 atom stereocenters. The second-order valence-electron chi connectivity index (χ2n) is 5.57. The predicted octanol–water partition coefficient (Wildman–Crippen LogP) is 5.16. The minimum Gasteiger partial charge on any atom is -0.508 e. The molecule has 0 bridgehead atoms. The summed E-state index contributed by atoms with van der Waals surface area (Å²) in [4.78, 5) is 0. The van der Waals surface area contributed by atoms with E-state index in [2.05, 4.69) is 30.7 Å². The lowest BCUT2D eigenvalue weighted by molar-refractivity contribution is 0.306. The van der Waals surface area contributed by atoms with Gasteiger partial charge in [0.1, 0.15) is 18.1 Å². The van der Waals surface area contributed by atoms with Crippen LogP contribution < -0.4 is 4.74 Å². The lowest BCUT2D eigenvalue weighted by atomic mass is 10.2. The first-order chi connectivity index (χ1) is 10.6. The number of hydrogen-bond donors (Lipinski definition) is 1. The van der Waals surface area contributed by atoms with Gasteiger partial charge in [-0.2, -0.15) is 0 Å². The van der Waals surface area contributed by atoms with E-state index in [-0.39, 0.29) is 5.75 Å². The molecule has 3 aromatic rings. The van der Waals surface area contributed by atoms with Crippen LogP contribution in [0.3, 0.4) is 0 Å². The van der Waals surface area contributed by atoms with Crippen molar-refractivity contribution in [3.63, 3.8) is 0 Å². The molecule has 3 nitrogen and oxygen atoms in total. The highest BCUT2D eigenvalue weighted by molar-refractivity contribution is 6.35. The summed E-state index contributed by atoms with van der Waals surface area (Å²) >= 11 is 6.36. The maximum absolute atomic E-state index is 9.30. The normalized spacial score (nSPS) is 11.3. The molecule has 0 fully saturated rings. The number of hydrogen-bond acceptors (Lipinski definition) is 2. The van der Waals surface area contributed by atoms with E-state index < -0.39 is 0 Å². The van der Waals surface area contributed by atoms with Gasteiger partial charge in [0.2, 0.25) is 0 Å².